The van der Waals surface area contributed by atoms with Crippen molar-refractivity contribution >= 4 is 10.8 Å². The van der Waals surface area contributed by atoms with Crippen LogP contribution in [0.25, 0.3) is 10.8 Å². The molecule has 0 aliphatic rings. The van der Waals surface area contributed by atoms with Gasteiger partial charge in [0.2, 0.25) is 0 Å². The molecule has 0 aliphatic heterocycles. The third kappa shape index (κ3) is 6.29. The van der Waals surface area contributed by atoms with E-state index in [1.54, 1.807) is 24.3 Å². The first-order valence-electron chi connectivity index (χ1n) is 10.9. The molecular formula is C29H13F9O. The van der Waals surface area contributed by atoms with Crippen molar-refractivity contribution in [3.8, 4) is 29.4 Å². The second-order valence-electron chi connectivity index (χ2n) is 8.23. The summed E-state index contributed by atoms with van der Waals surface area (Å²) < 4.78 is 129. The van der Waals surface area contributed by atoms with Crippen molar-refractivity contribution in [2.24, 2.45) is 0 Å². The van der Waals surface area contributed by atoms with Crippen molar-refractivity contribution < 1.29 is 44.3 Å². The summed E-state index contributed by atoms with van der Waals surface area (Å²) >= 11 is 0. The highest BCUT2D eigenvalue weighted by Gasteiger charge is 2.41. The summed E-state index contributed by atoms with van der Waals surface area (Å²) in [5, 5.41) is -0.828. The van der Waals surface area contributed by atoms with Crippen molar-refractivity contribution in [3.63, 3.8) is 0 Å². The molecule has 0 aromatic heterocycles. The predicted molar refractivity (Wildman–Crippen MR) is 125 cm³/mol. The number of aryl methyl sites for hydroxylation is 1. The Balaban J connectivity index is 1.64. The minimum atomic E-state index is -5.01. The van der Waals surface area contributed by atoms with Crippen LogP contribution in [-0.2, 0) is 6.11 Å². The summed E-state index contributed by atoms with van der Waals surface area (Å²) in [6.07, 6.45) is -9.58. The molecular weight excluding hydrogens is 535 g/mol. The lowest BCUT2D eigenvalue weighted by Gasteiger charge is -2.20. The summed E-state index contributed by atoms with van der Waals surface area (Å²) in [5.41, 5.74) is -1.62. The summed E-state index contributed by atoms with van der Waals surface area (Å²) in [5.74, 6) is 0.257. The largest absolute Gasteiger partial charge is 0.458 e. The number of benzene rings is 4. The van der Waals surface area contributed by atoms with Gasteiger partial charge in [-0.25, -0.2) is 17.6 Å². The number of hydrogen-bond donors (Lipinski definition) is 0. The lowest BCUT2D eigenvalue weighted by molar-refractivity contribution is -0.189. The summed E-state index contributed by atoms with van der Waals surface area (Å²) in [4.78, 5) is 0. The lowest BCUT2D eigenvalue weighted by atomic mass is 10.0. The van der Waals surface area contributed by atoms with E-state index in [-0.39, 0.29) is 10.9 Å². The third-order valence-corrected chi connectivity index (χ3v) is 5.31. The molecule has 0 bridgehead atoms. The minimum Gasteiger partial charge on any atom is -0.429 e. The molecule has 0 spiro atoms. The molecule has 0 unspecified atom stereocenters. The molecule has 10 heteroatoms. The Morgan fingerprint density at radius 2 is 1.28 bits per heavy atom. The number of rotatable bonds is 3. The van der Waals surface area contributed by atoms with Gasteiger partial charge < -0.3 is 4.74 Å². The zero-order valence-corrected chi connectivity index (χ0v) is 19.6. The van der Waals surface area contributed by atoms with Crippen LogP contribution >= 0.6 is 0 Å². The van der Waals surface area contributed by atoms with Crippen molar-refractivity contribution in [3.05, 3.63) is 112 Å². The second-order valence-corrected chi connectivity index (χ2v) is 8.23. The average Bonchev–Trinajstić information content (AvgIpc) is 2.82. The minimum absolute atomic E-state index is 0.216. The van der Waals surface area contributed by atoms with Gasteiger partial charge in [-0.05, 0) is 60.8 Å². The molecule has 4 aromatic carbocycles. The highest BCUT2D eigenvalue weighted by molar-refractivity contribution is 5.86. The molecule has 0 saturated carbocycles. The molecule has 0 fully saturated rings. The summed E-state index contributed by atoms with van der Waals surface area (Å²) in [6, 6.07) is 11.0. The predicted octanol–water partition coefficient (Wildman–Crippen LogP) is 8.15. The van der Waals surface area contributed by atoms with Crippen LogP contribution in [0.2, 0.25) is 0 Å². The van der Waals surface area contributed by atoms with Crippen LogP contribution in [0.15, 0.2) is 60.7 Å². The fraction of sp³-hybridized carbons (Fsp3) is 0.103. The maximum Gasteiger partial charge on any atom is 0.458 e. The molecule has 0 N–H and O–H groups in total. The van der Waals surface area contributed by atoms with Gasteiger partial charge >= 0.3 is 12.3 Å². The molecule has 0 heterocycles. The van der Waals surface area contributed by atoms with Crippen LogP contribution in [0.1, 0.15) is 27.8 Å². The highest BCUT2D eigenvalue weighted by atomic mass is 19.4. The maximum absolute atomic E-state index is 14.8. The number of alkyl halides is 5. The van der Waals surface area contributed by atoms with E-state index in [1.165, 1.54) is 5.92 Å². The van der Waals surface area contributed by atoms with E-state index in [0.29, 0.717) is 23.8 Å². The third-order valence-electron chi connectivity index (χ3n) is 5.31. The number of hydrogen-bond acceptors (Lipinski definition) is 1. The molecule has 1 nitrogen and oxygen atoms in total. The first-order valence-corrected chi connectivity index (χ1v) is 10.9. The maximum atomic E-state index is 14.8. The monoisotopic (exact) mass is 548 g/mol. The zero-order valence-electron chi connectivity index (χ0n) is 19.6. The molecule has 0 atom stereocenters. The Morgan fingerprint density at radius 1 is 0.667 bits per heavy atom. The quantitative estimate of drug-likeness (QED) is 0.186. The first-order chi connectivity index (χ1) is 18.2. The topological polar surface area (TPSA) is 9.23 Å². The Labute approximate surface area is 215 Å². The van der Waals surface area contributed by atoms with E-state index in [1.807, 2.05) is 6.92 Å². The van der Waals surface area contributed by atoms with Crippen LogP contribution < -0.4 is 4.74 Å². The molecule has 0 radical (unpaired) electrons. The van der Waals surface area contributed by atoms with Crippen LogP contribution in [0, 0.1) is 53.9 Å². The molecule has 0 saturated heterocycles. The molecule has 4 aromatic rings. The Morgan fingerprint density at radius 3 is 1.90 bits per heavy atom. The summed E-state index contributed by atoms with van der Waals surface area (Å²) in [7, 11) is 0. The van der Waals surface area contributed by atoms with E-state index in [9.17, 15) is 39.5 Å². The van der Waals surface area contributed by atoms with Crippen LogP contribution in [0.3, 0.4) is 0 Å². The highest BCUT2D eigenvalue weighted by Crippen LogP contribution is 2.37. The van der Waals surface area contributed by atoms with Gasteiger partial charge in [0, 0.05) is 22.4 Å². The van der Waals surface area contributed by atoms with Gasteiger partial charge in [-0.15, -0.1) is 0 Å². The fourth-order valence-corrected chi connectivity index (χ4v) is 3.52. The first kappa shape index (κ1) is 27.5. The van der Waals surface area contributed by atoms with Gasteiger partial charge in [0.25, 0.3) is 0 Å². The normalized spacial score (nSPS) is 11.4. The van der Waals surface area contributed by atoms with E-state index in [2.05, 4.69) is 16.6 Å². The molecule has 39 heavy (non-hydrogen) atoms. The van der Waals surface area contributed by atoms with Crippen LogP contribution in [0.5, 0.6) is 5.75 Å². The standard InChI is InChI=1S/C29H13F9O/c1-16-2-4-17(5-3-16)6-7-18-12-24(31)26(25(32)13-18)29(37,38)39-20-8-9-21-19(14-20)15-23(30)22(27(21)33)10-11-28(34,35)36/h2-5,8-9,12-15H,1H3. The van der Waals surface area contributed by atoms with Gasteiger partial charge in [0.15, 0.2) is 0 Å². The van der Waals surface area contributed by atoms with Crippen LogP contribution in [-0.4, -0.2) is 6.18 Å². The lowest BCUT2D eigenvalue weighted by Crippen LogP contribution is -2.25. The SMILES string of the molecule is Cc1ccc(C#Cc2cc(F)c(C(F)(F)Oc3ccc4c(F)c(C#CC(F)(F)F)c(F)cc4c3)c(F)c2)cc1. The average molecular weight is 548 g/mol. The Bertz CT molecular complexity index is 1670. The Kier molecular flexibility index (Phi) is 7.25. The van der Waals surface area contributed by atoms with Crippen LogP contribution in [0.4, 0.5) is 39.5 Å². The number of ether oxygens (including phenoxy) is 1. The molecule has 0 amide bonds. The Hall–Kier alpha value is -4.57. The van der Waals surface area contributed by atoms with Gasteiger partial charge in [-0.1, -0.05) is 35.5 Å². The van der Waals surface area contributed by atoms with Gasteiger partial charge in [0.05, 0.1) is 5.56 Å². The van der Waals surface area contributed by atoms with Gasteiger partial charge in [0.1, 0.15) is 34.6 Å². The van der Waals surface area contributed by atoms with E-state index in [0.717, 1.165) is 29.7 Å². The van der Waals surface area contributed by atoms with E-state index < -0.39 is 57.8 Å². The van der Waals surface area contributed by atoms with E-state index >= 15 is 0 Å². The smallest absolute Gasteiger partial charge is 0.429 e. The molecule has 0 aliphatic carbocycles. The molecule has 198 valence electrons. The van der Waals surface area contributed by atoms with E-state index in [4.69, 9.17) is 0 Å². The van der Waals surface area contributed by atoms with Crippen molar-refractivity contribution in [1.82, 2.24) is 0 Å². The van der Waals surface area contributed by atoms with Gasteiger partial charge in [-0.3, -0.25) is 0 Å². The van der Waals surface area contributed by atoms with Crippen molar-refractivity contribution in [2.45, 2.75) is 19.2 Å². The summed E-state index contributed by atoms with van der Waals surface area (Å²) in [6.45, 7) is 1.85. The van der Waals surface area contributed by atoms with Crippen molar-refractivity contribution in [1.29, 1.82) is 0 Å². The number of fused-ring (bicyclic) bond motifs is 1. The molecule has 4 rings (SSSR count). The van der Waals surface area contributed by atoms with Crippen molar-refractivity contribution in [2.75, 3.05) is 0 Å². The fourth-order valence-electron chi connectivity index (χ4n) is 3.52. The zero-order chi connectivity index (χ0) is 28.5. The van der Waals surface area contributed by atoms with Gasteiger partial charge in [-0.2, -0.15) is 22.0 Å². The second kappa shape index (κ2) is 10.3. The number of halogens is 9.